The third-order valence-electron chi connectivity index (χ3n) is 3.23. The lowest BCUT2D eigenvalue weighted by Gasteiger charge is -2.21. The molecule has 0 unspecified atom stereocenters. The molecule has 128 valence electrons. The number of hydrogen-bond acceptors (Lipinski definition) is 4. The average molecular weight is 334 g/mol. The number of carbonyl (C=O) groups excluding carboxylic acids is 3. The molecule has 2 atom stereocenters. The van der Waals surface area contributed by atoms with Gasteiger partial charge in [-0.1, -0.05) is 12.1 Å². The molecule has 0 saturated heterocycles. The second kappa shape index (κ2) is 9.25. The molecule has 24 heavy (non-hydrogen) atoms. The molecular formula is C16H19FN4O3. The van der Waals surface area contributed by atoms with Crippen molar-refractivity contribution in [3.8, 4) is 6.07 Å². The first-order valence-electron chi connectivity index (χ1n) is 7.31. The third kappa shape index (κ3) is 6.44. The molecule has 1 rings (SSSR count). The molecule has 0 aliphatic heterocycles. The number of rotatable bonds is 8. The van der Waals surface area contributed by atoms with E-state index in [1.165, 1.54) is 25.1 Å². The molecule has 1 aromatic rings. The zero-order valence-electron chi connectivity index (χ0n) is 13.2. The third-order valence-corrected chi connectivity index (χ3v) is 3.23. The van der Waals surface area contributed by atoms with Crippen LogP contribution in [-0.4, -0.2) is 29.8 Å². The van der Waals surface area contributed by atoms with E-state index in [-0.39, 0.29) is 19.3 Å². The highest BCUT2D eigenvalue weighted by Gasteiger charge is 2.25. The molecule has 3 amide bonds. The molecule has 8 heteroatoms. The minimum absolute atomic E-state index is 0.0442. The van der Waals surface area contributed by atoms with Gasteiger partial charge in [-0.2, -0.15) is 5.26 Å². The normalized spacial score (nSPS) is 12.5. The van der Waals surface area contributed by atoms with Crippen molar-refractivity contribution in [1.82, 2.24) is 10.6 Å². The van der Waals surface area contributed by atoms with Gasteiger partial charge in [0, 0.05) is 19.8 Å². The van der Waals surface area contributed by atoms with Crippen molar-refractivity contribution < 1.29 is 18.8 Å². The van der Waals surface area contributed by atoms with Gasteiger partial charge in [-0.25, -0.2) is 4.39 Å². The predicted molar refractivity (Wildman–Crippen MR) is 83.7 cm³/mol. The first-order chi connectivity index (χ1) is 11.3. The highest BCUT2D eigenvalue weighted by Crippen LogP contribution is 2.08. The second-order valence-corrected chi connectivity index (χ2v) is 5.25. The Morgan fingerprint density at radius 1 is 1.29 bits per heavy atom. The number of nitrogens with zero attached hydrogens (tertiary/aromatic N) is 1. The average Bonchev–Trinajstić information content (AvgIpc) is 2.49. The van der Waals surface area contributed by atoms with Crippen molar-refractivity contribution in [3.05, 3.63) is 35.6 Å². The molecule has 0 aliphatic carbocycles. The van der Waals surface area contributed by atoms with Gasteiger partial charge in [-0.15, -0.1) is 0 Å². The van der Waals surface area contributed by atoms with Gasteiger partial charge in [0.25, 0.3) is 0 Å². The van der Waals surface area contributed by atoms with E-state index in [1.54, 1.807) is 6.07 Å². The molecule has 0 aromatic heterocycles. The van der Waals surface area contributed by atoms with Crippen molar-refractivity contribution in [3.63, 3.8) is 0 Å². The summed E-state index contributed by atoms with van der Waals surface area (Å²) in [4.78, 5) is 35.0. The van der Waals surface area contributed by atoms with E-state index in [1.807, 2.05) is 6.07 Å². The van der Waals surface area contributed by atoms with Gasteiger partial charge in [0.05, 0.1) is 6.07 Å². The summed E-state index contributed by atoms with van der Waals surface area (Å²) in [5, 5.41) is 13.4. The lowest BCUT2D eigenvalue weighted by Crippen LogP contribution is -2.53. The monoisotopic (exact) mass is 334 g/mol. The highest BCUT2D eigenvalue weighted by atomic mass is 19.1. The molecular weight excluding hydrogens is 315 g/mol. The summed E-state index contributed by atoms with van der Waals surface area (Å²) >= 11 is 0. The molecule has 1 aromatic carbocycles. The first kappa shape index (κ1) is 19.1. The Kier molecular flexibility index (Phi) is 7.36. The number of carbonyl (C=O) groups is 3. The summed E-state index contributed by atoms with van der Waals surface area (Å²) in [6.45, 7) is 1.24. The number of benzene rings is 1. The minimum Gasteiger partial charge on any atom is -0.368 e. The van der Waals surface area contributed by atoms with Gasteiger partial charge in [-0.3, -0.25) is 14.4 Å². The van der Waals surface area contributed by atoms with Gasteiger partial charge < -0.3 is 16.4 Å². The SMILES string of the molecule is CC(=O)N[C@@H](Cc1cccc(F)c1)C(=O)N[C@H](CCC#N)C(N)=O. The maximum Gasteiger partial charge on any atom is 0.243 e. The van der Waals surface area contributed by atoms with Crippen LogP contribution in [0.2, 0.25) is 0 Å². The molecule has 0 bridgehead atoms. The van der Waals surface area contributed by atoms with E-state index in [0.29, 0.717) is 5.56 Å². The van der Waals surface area contributed by atoms with Crippen LogP contribution in [0, 0.1) is 17.1 Å². The number of nitrogens with one attached hydrogen (secondary N) is 2. The summed E-state index contributed by atoms with van der Waals surface area (Å²) < 4.78 is 13.3. The van der Waals surface area contributed by atoms with Crippen molar-refractivity contribution in [2.45, 2.75) is 38.3 Å². The Hall–Kier alpha value is -2.95. The lowest BCUT2D eigenvalue weighted by molar-refractivity contribution is -0.130. The van der Waals surface area contributed by atoms with Crippen LogP contribution >= 0.6 is 0 Å². The molecule has 0 saturated carbocycles. The van der Waals surface area contributed by atoms with Crippen LogP contribution in [0.5, 0.6) is 0 Å². The summed E-state index contributed by atoms with van der Waals surface area (Å²) in [7, 11) is 0. The summed E-state index contributed by atoms with van der Waals surface area (Å²) in [6.07, 6.45) is 0.166. The summed E-state index contributed by atoms with van der Waals surface area (Å²) in [6, 6.07) is 5.49. The van der Waals surface area contributed by atoms with Crippen LogP contribution in [0.1, 0.15) is 25.3 Å². The van der Waals surface area contributed by atoms with Crippen LogP contribution < -0.4 is 16.4 Å². The highest BCUT2D eigenvalue weighted by molar-refractivity contribution is 5.91. The molecule has 0 radical (unpaired) electrons. The molecule has 4 N–H and O–H groups in total. The van der Waals surface area contributed by atoms with Crippen molar-refractivity contribution in [2.24, 2.45) is 5.73 Å². The number of nitriles is 1. The van der Waals surface area contributed by atoms with Crippen LogP contribution in [0.3, 0.4) is 0 Å². The second-order valence-electron chi connectivity index (χ2n) is 5.25. The molecule has 0 aliphatic rings. The van der Waals surface area contributed by atoms with Crippen LogP contribution in [0.4, 0.5) is 4.39 Å². The predicted octanol–water partition coefficient (Wildman–Crippen LogP) is 0.147. The van der Waals surface area contributed by atoms with Crippen molar-refractivity contribution in [2.75, 3.05) is 0 Å². The Morgan fingerprint density at radius 3 is 2.54 bits per heavy atom. The quantitative estimate of drug-likeness (QED) is 0.625. The Balaban J connectivity index is 2.85. The van der Waals surface area contributed by atoms with E-state index in [9.17, 15) is 18.8 Å². The van der Waals surface area contributed by atoms with Crippen LogP contribution in [0.25, 0.3) is 0 Å². The van der Waals surface area contributed by atoms with Crippen molar-refractivity contribution >= 4 is 17.7 Å². The van der Waals surface area contributed by atoms with Gasteiger partial charge in [0.1, 0.15) is 17.9 Å². The van der Waals surface area contributed by atoms with E-state index in [2.05, 4.69) is 10.6 Å². The first-order valence-corrected chi connectivity index (χ1v) is 7.31. The Morgan fingerprint density at radius 2 is 2.00 bits per heavy atom. The largest absolute Gasteiger partial charge is 0.368 e. The maximum atomic E-state index is 13.3. The molecule has 0 fully saturated rings. The number of amides is 3. The topological polar surface area (TPSA) is 125 Å². The van der Waals surface area contributed by atoms with E-state index >= 15 is 0 Å². The molecule has 0 spiro atoms. The van der Waals surface area contributed by atoms with Gasteiger partial charge in [0.2, 0.25) is 17.7 Å². The Labute approximate surface area is 139 Å². The molecule has 7 nitrogen and oxygen atoms in total. The lowest BCUT2D eigenvalue weighted by atomic mass is 10.0. The van der Waals surface area contributed by atoms with Crippen molar-refractivity contribution in [1.29, 1.82) is 5.26 Å². The fourth-order valence-electron chi connectivity index (χ4n) is 2.12. The number of halogens is 1. The number of primary amides is 1. The van der Waals surface area contributed by atoms with Crippen LogP contribution in [0.15, 0.2) is 24.3 Å². The number of hydrogen-bond donors (Lipinski definition) is 3. The zero-order chi connectivity index (χ0) is 18.1. The maximum absolute atomic E-state index is 13.3. The molecule has 0 heterocycles. The van der Waals surface area contributed by atoms with Gasteiger partial charge in [0.15, 0.2) is 0 Å². The van der Waals surface area contributed by atoms with E-state index < -0.39 is 35.6 Å². The zero-order valence-corrected chi connectivity index (χ0v) is 13.2. The van der Waals surface area contributed by atoms with E-state index in [4.69, 9.17) is 11.0 Å². The van der Waals surface area contributed by atoms with Gasteiger partial charge >= 0.3 is 0 Å². The standard InChI is InChI=1S/C16H19FN4O3/c1-10(22)20-14(9-11-4-2-5-12(17)8-11)16(24)21-13(15(19)23)6-3-7-18/h2,4-5,8,13-14H,3,6,9H2,1H3,(H2,19,23)(H,20,22)(H,21,24)/t13-,14+/m1/s1. The fourth-order valence-corrected chi connectivity index (χ4v) is 2.12. The number of nitrogens with two attached hydrogens (primary N) is 1. The smallest absolute Gasteiger partial charge is 0.243 e. The van der Waals surface area contributed by atoms with E-state index in [0.717, 1.165) is 0 Å². The van der Waals surface area contributed by atoms with Crippen LogP contribution in [-0.2, 0) is 20.8 Å². The summed E-state index contributed by atoms with van der Waals surface area (Å²) in [5.74, 6) is -2.31. The Bertz CT molecular complexity index is 657. The van der Waals surface area contributed by atoms with Gasteiger partial charge in [-0.05, 0) is 24.1 Å². The fraction of sp³-hybridized carbons (Fsp3) is 0.375. The minimum atomic E-state index is -1.01. The summed E-state index contributed by atoms with van der Waals surface area (Å²) in [5.41, 5.74) is 5.71.